The van der Waals surface area contributed by atoms with Crippen molar-refractivity contribution in [2.45, 2.75) is 44.6 Å². The van der Waals surface area contributed by atoms with Gasteiger partial charge in [0, 0.05) is 17.0 Å². The predicted octanol–water partition coefficient (Wildman–Crippen LogP) is 4.93. The molecule has 3 aromatic rings. The molecule has 0 saturated carbocycles. The third-order valence-electron chi connectivity index (χ3n) is 4.55. The molecule has 0 N–H and O–H groups in total. The number of thiophene rings is 1. The summed E-state index contributed by atoms with van der Waals surface area (Å²) in [6.45, 7) is 11.9. The molecule has 1 aromatic carbocycles. The van der Waals surface area contributed by atoms with Gasteiger partial charge >= 0.3 is 0 Å². The van der Waals surface area contributed by atoms with Crippen LogP contribution in [-0.4, -0.2) is 20.6 Å². The third-order valence-corrected chi connectivity index (χ3v) is 6.74. The number of rotatable bonds is 6. The van der Waals surface area contributed by atoms with E-state index in [1.54, 1.807) is 10.6 Å². The fourth-order valence-electron chi connectivity index (χ4n) is 2.85. The number of hydrogen-bond acceptors (Lipinski definition) is 5. The first-order chi connectivity index (χ1) is 12.8. The molecule has 0 bridgehead atoms. The quantitative estimate of drug-likeness (QED) is 0.256. The Morgan fingerprint density at radius 2 is 1.96 bits per heavy atom. The van der Waals surface area contributed by atoms with Gasteiger partial charge < -0.3 is 0 Å². The van der Waals surface area contributed by atoms with Gasteiger partial charge in [0.1, 0.15) is 4.83 Å². The van der Waals surface area contributed by atoms with Crippen LogP contribution < -0.4 is 5.56 Å². The van der Waals surface area contributed by atoms with Crippen LogP contribution in [0.25, 0.3) is 10.2 Å². The minimum Gasteiger partial charge on any atom is -0.293 e. The van der Waals surface area contributed by atoms with Gasteiger partial charge in [0.15, 0.2) is 10.9 Å². The highest BCUT2D eigenvalue weighted by atomic mass is 32.2. The summed E-state index contributed by atoms with van der Waals surface area (Å²) in [5.41, 5.74) is 2.69. The molecular formula is C21H22N2O2S2. The highest BCUT2D eigenvalue weighted by Gasteiger charge is 2.22. The molecule has 2 aromatic heterocycles. The third kappa shape index (κ3) is 3.77. The number of aryl methyl sites for hydroxylation is 3. The Morgan fingerprint density at radius 3 is 2.59 bits per heavy atom. The van der Waals surface area contributed by atoms with Gasteiger partial charge in [0.25, 0.3) is 5.56 Å². The molecule has 0 fully saturated rings. The summed E-state index contributed by atoms with van der Waals surface area (Å²) in [7, 11) is 0. The molecule has 0 aliphatic carbocycles. The molecule has 2 heterocycles. The average molecular weight is 399 g/mol. The van der Waals surface area contributed by atoms with Crippen molar-refractivity contribution < 1.29 is 4.79 Å². The fraction of sp³-hybridized carbons (Fsp3) is 0.286. The van der Waals surface area contributed by atoms with Crippen molar-refractivity contribution >= 4 is 39.1 Å². The number of allylic oxidation sites excluding steroid dienone is 1. The van der Waals surface area contributed by atoms with E-state index in [-0.39, 0.29) is 16.6 Å². The lowest BCUT2D eigenvalue weighted by Gasteiger charge is -2.14. The van der Waals surface area contributed by atoms with Gasteiger partial charge in [0.2, 0.25) is 0 Å². The topological polar surface area (TPSA) is 52.0 Å². The molecule has 140 valence electrons. The first kappa shape index (κ1) is 19.6. The summed E-state index contributed by atoms with van der Waals surface area (Å²) in [6.07, 6.45) is 1.68. The van der Waals surface area contributed by atoms with Crippen LogP contribution in [0.4, 0.5) is 0 Å². The van der Waals surface area contributed by atoms with Crippen molar-refractivity contribution in [3.05, 3.63) is 68.8 Å². The summed E-state index contributed by atoms with van der Waals surface area (Å²) in [5.74, 6) is 0.0260. The summed E-state index contributed by atoms with van der Waals surface area (Å²) < 4.78 is 1.61. The highest BCUT2D eigenvalue weighted by Crippen LogP contribution is 2.30. The number of carbonyl (C=O) groups is 1. The molecule has 1 unspecified atom stereocenters. The van der Waals surface area contributed by atoms with Crippen LogP contribution in [0.3, 0.4) is 0 Å². The lowest BCUT2D eigenvalue weighted by molar-refractivity contribution is 0.0994. The van der Waals surface area contributed by atoms with E-state index in [2.05, 4.69) is 6.58 Å². The van der Waals surface area contributed by atoms with Crippen LogP contribution in [0.5, 0.6) is 0 Å². The van der Waals surface area contributed by atoms with Gasteiger partial charge in [-0.1, -0.05) is 47.7 Å². The molecule has 4 nitrogen and oxygen atoms in total. The fourth-order valence-corrected chi connectivity index (χ4v) is 4.92. The molecular weight excluding hydrogens is 376 g/mol. The zero-order valence-corrected chi connectivity index (χ0v) is 17.5. The van der Waals surface area contributed by atoms with Crippen LogP contribution in [0.1, 0.15) is 33.3 Å². The predicted molar refractivity (Wildman–Crippen MR) is 114 cm³/mol. The van der Waals surface area contributed by atoms with E-state index in [1.807, 2.05) is 52.0 Å². The van der Waals surface area contributed by atoms with E-state index < -0.39 is 0 Å². The minimum atomic E-state index is -0.352. The lowest BCUT2D eigenvalue weighted by Crippen LogP contribution is -2.24. The maximum absolute atomic E-state index is 13.0. The minimum absolute atomic E-state index is 0.0260. The molecule has 3 rings (SSSR count). The zero-order chi connectivity index (χ0) is 19.7. The second-order valence-corrected chi connectivity index (χ2v) is 9.06. The Morgan fingerprint density at radius 1 is 1.30 bits per heavy atom. The first-order valence-corrected chi connectivity index (χ1v) is 10.4. The van der Waals surface area contributed by atoms with Gasteiger partial charge in [-0.3, -0.25) is 14.2 Å². The summed E-state index contributed by atoms with van der Waals surface area (Å²) >= 11 is 2.84. The van der Waals surface area contributed by atoms with Crippen LogP contribution in [0.2, 0.25) is 0 Å². The number of ketones is 1. The monoisotopic (exact) mass is 398 g/mol. The van der Waals surface area contributed by atoms with Crippen molar-refractivity contribution in [2.75, 3.05) is 0 Å². The number of fused-ring (bicyclic) bond motifs is 1. The molecule has 0 radical (unpaired) electrons. The van der Waals surface area contributed by atoms with E-state index in [1.165, 1.54) is 23.1 Å². The SMILES string of the molecule is C=CCn1c(SC(C)C(=O)c2ccc(C)cc2)nc2sc(C)c(C)c2c1=O. The lowest BCUT2D eigenvalue weighted by atomic mass is 10.1. The van der Waals surface area contributed by atoms with Gasteiger partial charge in [0.05, 0.1) is 10.6 Å². The number of Topliss-reactive ketones (excluding diaryl/α,β-unsaturated/α-hetero) is 1. The van der Waals surface area contributed by atoms with Gasteiger partial charge in [-0.15, -0.1) is 17.9 Å². The van der Waals surface area contributed by atoms with E-state index in [9.17, 15) is 9.59 Å². The standard InChI is InChI=1S/C21H22N2O2S2/c1-6-11-23-20(25)17-13(3)14(4)26-19(17)22-21(23)27-15(5)18(24)16-9-7-12(2)8-10-16/h6-10,15H,1,11H2,2-5H3. The molecule has 0 amide bonds. The number of thioether (sulfide) groups is 1. The zero-order valence-electron chi connectivity index (χ0n) is 15.9. The summed E-state index contributed by atoms with van der Waals surface area (Å²) in [4.78, 5) is 32.3. The summed E-state index contributed by atoms with van der Waals surface area (Å²) in [6, 6.07) is 7.54. The largest absolute Gasteiger partial charge is 0.293 e. The van der Waals surface area contributed by atoms with Gasteiger partial charge in [-0.25, -0.2) is 4.98 Å². The van der Waals surface area contributed by atoms with E-state index in [4.69, 9.17) is 4.98 Å². The molecule has 0 spiro atoms. The maximum atomic E-state index is 13.0. The van der Waals surface area contributed by atoms with Gasteiger partial charge in [-0.05, 0) is 33.3 Å². The Bertz CT molecular complexity index is 1080. The van der Waals surface area contributed by atoms with Crippen molar-refractivity contribution in [3.8, 4) is 0 Å². The molecule has 27 heavy (non-hydrogen) atoms. The van der Waals surface area contributed by atoms with Crippen LogP contribution in [0, 0.1) is 20.8 Å². The van der Waals surface area contributed by atoms with Crippen LogP contribution >= 0.6 is 23.1 Å². The molecule has 0 aliphatic rings. The Kier molecular flexibility index (Phi) is 5.67. The average Bonchev–Trinajstić information content (AvgIpc) is 2.92. The Hall–Kier alpha value is -2.18. The molecule has 6 heteroatoms. The normalized spacial score (nSPS) is 12.3. The second-order valence-electron chi connectivity index (χ2n) is 6.55. The Labute approximate surface area is 167 Å². The van der Waals surface area contributed by atoms with Crippen LogP contribution in [0.15, 0.2) is 46.9 Å². The molecule has 0 aliphatic heterocycles. The van der Waals surface area contributed by atoms with E-state index in [0.717, 1.165) is 20.8 Å². The van der Waals surface area contributed by atoms with E-state index in [0.29, 0.717) is 22.7 Å². The highest BCUT2D eigenvalue weighted by molar-refractivity contribution is 8.00. The van der Waals surface area contributed by atoms with Crippen molar-refractivity contribution in [3.63, 3.8) is 0 Å². The maximum Gasteiger partial charge on any atom is 0.263 e. The number of nitrogens with zero attached hydrogens (tertiary/aromatic N) is 2. The second kappa shape index (κ2) is 7.82. The molecule has 1 atom stereocenters. The smallest absolute Gasteiger partial charge is 0.263 e. The first-order valence-electron chi connectivity index (χ1n) is 8.72. The van der Waals surface area contributed by atoms with Crippen molar-refractivity contribution in [1.29, 1.82) is 0 Å². The van der Waals surface area contributed by atoms with E-state index >= 15 is 0 Å². The van der Waals surface area contributed by atoms with Crippen molar-refractivity contribution in [2.24, 2.45) is 0 Å². The summed E-state index contributed by atoms with van der Waals surface area (Å²) in [5, 5.41) is 0.873. The van der Waals surface area contributed by atoms with Crippen molar-refractivity contribution in [1.82, 2.24) is 9.55 Å². The Balaban J connectivity index is 2.01. The number of hydrogen-bond donors (Lipinski definition) is 0. The number of aromatic nitrogens is 2. The number of benzene rings is 1. The van der Waals surface area contributed by atoms with Gasteiger partial charge in [-0.2, -0.15) is 0 Å². The van der Waals surface area contributed by atoms with Crippen LogP contribution in [-0.2, 0) is 6.54 Å². The molecule has 0 saturated heterocycles. The number of carbonyl (C=O) groups excluding carboxylic acids is 1.